The third-order valence-electron chi connectivity index (χ3n) is 4.23. The fourth-order valence-electron chi connectivity index (χ4n) is 2.90. The van der Waals surface area contributed by atoms with Crippen LogP contribution in [0.2, 0.25) is 0 Å². The smallest absolute Gasteiger partial charge is 0.129 e. The van der Waals surface area contributed by atoms with Crippen molar-refractivity contribution in [1.82, 2.24) is 4.98 Å². The summed E-state index contributed by atoms with van der Waals surface area (Å²) in [6.45, 7) is 4.15. The lowest BCUT2D eigenvalue weighted by atomic mass is 10.0. The molecule has 0 amide bonds. The molecule has 0 spiro atoms. The first-order valence-electron chi connectivity index (χ1n) is 7.84. The number of aliphatic hydroxyl groups excluding tert-OH is 1. The first-order valence-corrected chi connectivity index (χ1v) is 8.64. The number of aryl methyl sites for hydroxylation is 1. The van der Waals surface area contributed by atoms with Gasteiger partial charge < -0.3 is 14.7 Å². The van der Waals surface area contributed by atoms with Crippen LogP contribution in [-0.4, -0.2) is 35.9 Å². The van der Waals surface area contributed by atoms with E-state index in [1.165, 1.54) is 0 Å². The summed E-state index contributed by atoms with van der Waals surface area (Å²) < 4.78 is 6.64. The van der Waals surface area contributed by atoms with Crippen molar-refractivity contribution in [1.29, 1.82) is 0 Å². The highest BCUT2D eigenvalue weighted by Crippen LogP contribution is 2.27. The number of ether oxygens (including phenoxy) is 1. The molecule has 0 bridgehead atoms. The van der Waals surface area contributed by atoms with Crippen molar-refractivity contribution in [3.63, 3.8) is 0 Å². The lowest BCUT2D eigenvalue weighted by Crippen LogP contribution is -2.46. The highest BCUT2D eigenvalue weighted by atomic mass is 79.9. The Kier molecular flexibility index (Phi) is 5.30. The number of hydrogen-bond acceptors (Lipinski definition) is 4. The predicted molar refractivity (Wildman–Crippen MR) is 94.6 cm³/mol. The quantitative estimate of drug-likeness (QED) is 0.886. The van der Waals surface area contributed by atoms with E-state index in [1.807, 2.05) is 36.5 Å². The van der Waals surface area contributed by atoms with E-state index in [1.54, 1.807) is 0 Å². The summed E-state index contributed by atoms with van der Waals surface area (Å²) in [5, 5.41) is 10.5. The summed E-state index contributed by atoms with van der Waals surface area (Å²) in [4.78, 5) is 6.78. The summed E-state index contributed by atoms with van der Waals surface area (Å²) in [6.07, 6.45) is 1.97. The van der Waals surface area contributed by atoms with Crippen molar-refractivity contribution in [2.75, 3.05) is 24.7 Å². The maximum absolute atomic E-state index is 10.5. The fourth-order valence-corrected chi connectivity index (χ4v) is 3.12. The van der Waals surface area contributed by atoms with Crippen molar-refractivity contribution >= 4 is 21.7 Å². The minimum atomic E-state index is -0.498. The Morgan fingerprint density at radius 2 is 2.17 bits per heavy atom. The lowest BCUT2D eigenvalue weighted by molar-refractivity contribution is 0.0676. The van der Waals surface area contributed by atoms with Crippen molar-refractivity contribution in [3.05, 3.63) is 58.2 Å². The number of benzene rings is 1. The van der Waals surface area contributed by atoms with Gasteiger partial charge in [-0.25, -0.2) is 4.98 Å². The topological polar surface area (TPSA) is 45.6 Å². The zero-order valence-corrected chi connectivity index (χ0v) is 14.7. The van der Waals surface area contributed by atoms with Crippen molar-refractivity contribution < 1.29 is 9.84 Å². The van der Waals surface area contributed by atoms with E-state index < -0.39 is 6.10 Å². The Hall–Kier alpha value is -1.43. The van der Waals surface area contributed by atoms with Crippen LogP contribution >= 0.6 is 15.9 Å². The second-order valence-corrected chi connectivity index (χ2v) is 6.73. The molecule has 1 saturated heterocycles. The number of rotatable bonds is 4. The number of anilines is 1. The monoisotopic (exact) mass is 376 g/mol. The number of hydrogen-bond donors (Lipinski definition) is 1. The van der Waals surface area contributed by atoms with Crippen molar-refractivity contribution in [2.24, 2.45) is 0 Å². The van der Waals surface area contributed by atoms with E-state index in [0.29, 0.717) is 19.6 Å². The molecular weight excluding hydrogens is 356 g/mol. The summed E-state index contributed by atoms with van der Waals surface area (Å²) in [6, 6.07) is 12.0. The minimum Gasteiger partial charge on any atom is -0.388 e. The molecule has 1 aliphatic heterocycles. The zero-order chi connectivity index (χ0) is 16.2. The van der Waals surface area contributed by atoms with Gasteiger partial charge in [0.1, 0.15) is 5.82 Å². The van der Waals surface area contributed by atoms with Crippen LogP contribution in [0.3, 0.4) is 0 Å². The summed E-state index contributed by atoms with van der Waals surface area (Å²) >= 11 is 3.49. The van der Waals surface area contributed by atoms with Gasteiger partial charge in [0.05, 0.1) is 25.4 Å². The van der Waals surface area contributed by atoms with Gasteiger partial charge in [-0.2, -0.15) is 0 Å². The van der Waals surface area contributed by atoms with E-state index in [0.717, 1.165) is 28.0 Å². The normalized spacial score (nSPS) is 19.6. The van der Waals surface area contributed by atoms with E-state index >= 15 is 0 Å². The van der Waals surface area contributed by atoms with Gasteiger partial charge in [-0.1, -0.05) is 30.3 Å². The van der Waals surface area contributed by atoms with E-state index in [4.69, 9.17) is 4.74 Å². The van der Waals surface area contributed by atoms with Crippen LogP contribution in [0.4, 0.5) is 5.82 Å². The van der Waals surface area contributed by atoms with E-state index in [9.17, 15) is 5.11 Å². The molecule has 5 heteroatoms. The summed E-state index contributed by atoms with van der Waals surface area (Å²) in [5.74, 6) is 0.944. The first kappa shape index (κ1) is 16.4. The predicted octanol–water partition coefficient (Wildman–Crippen LogP) is 3.48. The van der Waals surface area contributed by atoms with Gasteiger partial charge in [-0.3, -0.25) is 0 Å². The molecule has 0 radical (unpaired) electrons. The van der Waals surface area contributed by atoms with E-state index in [2.05, 4.69) is 38.8 Å². The van der Waals surface area contributed by atoms with Gasteiger partial charge >= 0.3 is 0 Å². The Balaban J connectivity index is 1.77. The number of aromatic nitrogens is 1. The Morgan fingerprint density at radius 3 is 2.91 bits per heavy atom. The largest absolute Gasteiger partial charge is 0.388 e. The molecule has 1 N–H and O–H groups in total. The summed E-state index contributed by atoms with van der Waals surface area (Å²) in [5.41, 5.74) is 2.10. The van der Waals surface area contributed by atoms with Crippen LogP contribution in [0.15, 0.2) is 47.1 Å². The molecule has 2 heterocycles. The molecular formula is C18H21BrN2O2. The molecule has 0 saturated carbocycles. The van der Waals surface area contributed by atoms with Gasteiger partial charge in [-0.15, -0.1) is 0 Å². The Bertz CT molecular complexity index is 651. The molecule has 2 aromatic rings. The second-order valence-electron chi connectivity index (χ2n) is 5.88. The molecule has 1 fully saturated rings. The van der Waals surface area contributed by atoms with Crippen molar-refractivity contribution in [3.8, 4) is 0 Å². The Morgan fingerprint density at radius 1 is 1.39 bits per heavy atom. The molecule has 23 heavy (non-hydrogen) atoms. The average molecular weight is 377 g/mol. The van der Waals surface area contributed by atoms with Crippen LogP contribution in [-0.2, 0) is 4.74 Å². The molecule has 1 aromatic carbocycles. The molecule has 2 atom stereocenters. The third-order valence-corrected chi connectivity index (χ3v) is 5.06. The lowest BCUT2D eigenvalue weighted by Gasteiger charge is -2.37. The van der Waals surface area contributed by atoms with E-state index in [-0.39, 0.29) is 6.04 Å². The highest BCUT2D eigenvalue weighted by Gasteiger charge is 2.27. The van der Waals surface area contributed by atoms with Gasteiger partial charge in [0.2, 0.25) is 0 Å². The molecule has 4 nitrogen and oxygen atoms in total. The first-order chi connectivity index (χ1) is 11.1. The standard InChI is InChI=1S/C18H21BrN2O2/c1-13-9-18(20-11-16(13)19)21-7-8-23-12-15(21)10-17(22)14-5-3-2-4-6-14/h2-6,9,11,15,17,22H,7-8,10,12H2,1H3. The summed E-state index contributed by atoms with van der Waals surface area (Å²) in [7, 11) is 0. The molecule has 1 aromatic heterocycles. The second kappa shape index (κ2) is 7.43. The van der Waals surface area contributed by atoms with Crippen LogP contribution in [0.1, 0.15) is 23.7 Å². The zero-order valence-electron chi connectivity index (χ0n) is 13.2. The number of halogens is 1. The van der Waals surface area contributed by atoms with Gasteiger partial charge in [0.25, 0.3) is 0 Å². The number of aliphatic hydroxyl groups is 1. The molecule has 2 unspecified atom stereocenters. The third kappa shape index (κ3) is 3.91. The molecule has 122 valence electrons. The van der Waals surface area contributed by atoms with Crippen LogP contribution in [0.25, 0.3) is 0 Å². The van der Waals surface area contributed by atoms with Gasteiger partial charge in [0, 0.05) is 23.6 Å². The maximum Gasteiger partial charge on any atom is 0.129 e. The number of pyridine rings is 1. The van der Waals surface area contributed by atoms with Crippen molar-refractivity contribution in [2.45, 2.75) is 25.5 Å². The van der Waals surface area contributed by atoms with Crippen LogP contribution < -0.4 is 4.90 Å². The molecule has 0 aliphatic carbocycles. The van der Waals surface area contributed by atoms with Gasteiger partial charge in [0.15, 0.2) is 0 Å². The molecule has 3 rings (SSSR count). The number of morpholine rings is 1. The van der Waals surface area contributed by atoms with Crippen LogP contribution in [0.5, 0.6) is 0 Å². The highest BCUT2D eigenvalue weighted by molar-refractivity contribution is 9.10. The van der Waals surface area contributed by atoms with Crippen LogP contribution in [0, 0.1) is 6.92 Å². The average Bonchev–Trinajstić information content (AvgIpc) is 2.59. The maximum atomic E-state index is 10.5. The SMILES string of the molecule is Cc1cc(N2CCOCC2CC(O)c2ccccc2)ncc1Br. The fraction of sp³-hybridized carbons (Fsp3) is 0.389. The molecule has 1 aliphatic rings. The minimum absolute atomic E-state index is 0.118. The Labute approximate surface area is 145 Å². The van der Waals surface area contributed by atoms with Gasteiger partial charge in [-0.05, 0) is 40.0 Å². The number of nitrogens with zero attached hydrogens (tertiary/aromatic N) is 2.